The molecule has 6 rings (SSSR count). The smallest absolute Gasteiger partial charge is 0.449 e. The second-order valence-electron chi connectivity index (χ2n) is 9.01. The lowest BCUT2D eigenvalue weighted by Crippen LogP contribution is -2.50. The predicted octanol–water partition coefficient (Wildman–Crippen LogP) is 4.48. The normalized spacial score (nSPS) is 28.1. The lowest BCUT2D eigenvalue weighted by molar-refractivity contribution is -0.153. The molecule has 1 saturated heterocycles. The second kappa shape index (κ2) is 6.52. The summed E-state index contributed by atoms with van der Waals surface area (Å²) >= 11 is 0. The van der Waals surface area contributed by atoms with Crippen molar-refractivity contribution in [1.29, 1.82) is 0 Å². The van der Waals surface area contributed by atoms with Crippen molar-refractivity contribution in [2.75, 3.05) is 0 Å². The van der Waals surface area contributed by atoms with Crippen LogP contribution in [-0.4, -0.2) is 27.1 Å². The molecule has 0 radical (unpaired) electrons. The van der Waals surface area contributed by atoms with Crippen LogP contribution in [0, 0.1) is 0 Å². The number of carbonyl (C=O) groups excluding carboxylic acids is 1. The van der Waals surface area contributed by atoms with Crippen molar-refractivity contribution < 1.29 is 31.2 Å². The number of halogens is 4. The Morgan fingerprint density at radius 1 is 1.21 bits per heavy atom. The molecule has 0 bridgehead atoms. The third-order valence-corrected chi connectivity index (χ3v) is 7.39. The number of likely N-dealkylation sites (tertiary alicyclic amines) is 1. The predicted molar refractivity (Wildman–Crippen MR) is 112 cm³/mol. The number of amides is 1. The highest BCUT2D eigenvalue weighted by atomic mass is 19.4. The van der Waals surface area contributed by atoms with Gasteiger partial charge in [-0.2, -0.15) is 13.2 Å². The van der Waals surface area contributed by atoms with Crippen molar-refractivity contribution in [3.05, 3.63) is 81.9 Å². The van der Waals surface area contributed by atoms with Crippen LogP contribution in [0.1, 0.15) is 30.6 Å². The van der Waals surface area contributed by atoms with Crippen molar-refractivity contribution in [2.45, 2.75) is 49.7 Å². The van der Waals surface area contributed by atoms with Crippen LogP contribution in [0.4, 0.5) is 17.6 Å². The minimum atomic E-state index is -4.68. The minimum absolute atomic E-state index is 0.114. The van der Waals surface area contributed by atoms with Gasteiger partial charge in [0.1, 0.15) is 22.9 Å². The Morgan fingerprint density at radius 3 is 2.74 bits per heavy atom. The van der Waals surface area contributed by atoms with Gasteiger partial charge in [-0.3, -0.25) is 9.59 Å². The van der Waals surface area contributed by atoms with Gasteiger partial charge in [-0.15, -0.1) is 0 Å². The van der Waals surface area contributed by atoms with Gasteiger partial charge in [0.25, 0.3) is 5.56 Å². The summed E-state index contributed by atoms with van der Waals surface area (Å²) in [6.45, 7) is 1.44. The van der Waals surface area contributed by atoms with E-state index in [0.29, 0.717) is 22.2 Å². The van der Waals surface area contributed by atoms with Crippen molar-refractivity contribution in [2.24, 2.45) is 0 Å². The standard InChI is InChI=1S/C24H18F4N2O4/c1-22-16(3-2-4-17(22)25)23(8-9-29-18(23)11-15-14(20(29)31)7-10-33-15)21(32)30(22)12-13-5-6-19(34-13)24(26,27)28/h2-7,10-11,17H,8-9,12H2,1H3. The van der Waals surface area contributed by atoms with E-state index in [1.807, 2.05) is 0 Å². The van der Waals surface area contributed by atoms with Gasteiger partial charge in [0.2, 0.25) is 11.7 Å². The summed E-state index contributed by atoms with van der Waals surface area (Å²) in [6.07, 6.45) is -0.177. The molecule has 0 aromatic carbocycles. The minimum Gasteiger partial charge on any atom is -0.464 e. The molecular weight excluding hydrogens is 456 g/mol. The highest BCUT2D eigenvalue weighted by Gasteiger charge is 2.67. The number of hydrogen-bond acceptors (Lipinski definition) is 4. The third kappa shape index (κ3) is 2.45. The molecule has 3 aliphatic rings. The fraction of sp³-hybridized carbons (Fsp3) is 0.333. The summed E-state index contributed by atoms with van der Waals surface area (Å²) < 4.78 is 66.6. The van der Waals surface area contributed by atoms with Crippen molar-refractivity contribution in [3.8, 4) is 0 Å². The van der Waals surface area contributed by atoms with Crippen LogP contribution in [0.15, 0.2) is 68.0 Å². The summed E-state index contributed by atoms with van der Waals surface area (Å²) in [6, 6.07) is 5.11. The van der Waals surface area contributed by atoms with Crippen LogP contribution >= 0.6 is 0 Å². The zero-order chi connectivity index (χ0) is 24.0. The monoisotopic (exact) mass is 474 g/mol. The molecule has 10 heteroatoms. The molecule has 0 saturated carbocycles. The summed E-state index contributed by atoms with van der Waals surface area (Å²) in [5.74, 6) is -1.80. The summed E-state index contributed by atoms with van der Waals surface area (Å²) in [5, 5.41) is 0.377. The van der Waals surface area contributed by atoms with E-state index in [1.165, 1.54) is 27.9 Å². The van der Waals surface area contributed by atoms with Crippen molar-refractivity contribution >= 4 is 16.9 Å². The van der Waals surface area contributed by atoms with Gasteiger partial charge in [0, 0.05) is 18.3 Å². The summed E-state index contributed by atoms with van der Waals surface area (Å²) in [4.78, 5) is 28.4. The molecule has 1 spiro atoms. The van der Waals surface area contributed by atoms with Crippen LogP contribution in [0.5, 0.6) is 0 Å². The Labute approximate surface area is 189 Å². The zero-order valence-corrected chi connectivity index (χ0v) is 17.9. The Bertz CT molecular complexity index is 1480. The molecule has 176 valence electrons. The van der Waals surface area contributed by atoms with E-state index in [0.717, 1.165) is 12.1 Å². The Balaban J connectivity index is 1.53. The van der Waals surface area contributed by atoms with E-state index >= 15 is 4.39 Å². The third-order valence-electron chi connectivity index (χ3n) is 7.39. The van der Waals surface area contributed by atoms with Crippen molar-refractivity contribution in [1.82, 2.24) is 9.47 Å². The first-order valence-corrected chi connectivity index (χ1v) is 10.7. The lowest BCUT2D eigenvalue weighted by Gasteiger charge is -2.39. The van der Waals surface area contributed by atoms with E-state index in [1.54, 1.807) is 25.1 Å². The van der Waals surface area contributed by atoms with Crippen LogP contribution in [0.3, 0.4) is 0 Å². The number of carbonyl (C=O) groups is 1. The first-order chi connectivity index (χ1) is 16.1. The van der Waals surface area contributed by atoms with Gasteiger partial charge >= 0.3 is 6.18 Å². The van der Waals surface area contributed by atoms with Gasteiger partial charge < -0.3 is 18.3 Å². The van der Waals surface area contributed by atoms with Crippen molar-refractivity contribution in [3.63, 3.8) is 0 Å². The second-order valence-corrected chi connectivity index (χ2v) is 9.01. The molecule has 5 heterocycles. The number of allylic oxidation sites excluding steroid dienone is 2. The number of alkyl halides is 4. The number of hydrogen-bond donors (Lipinski definition) is 0. The summed E-state index contributed by atoms with van der Waals surface area (Å²) in [5.41, 5.74) is -1.96. The molecule has 2 aliphatic heterocycles. The number of fused-ring (bicyclic) bond motifs is 5. The van der Waals surface area contributed by atoms with E-state index in [4.69, 9.17) is 8.83 Å². The van der Waals surface area contributed by atoms with Gasteiger partial charge in [0.05, 0.1) is 23.7 Å². The molecule has 3 aromatic heterocycles. The number of aromatic nitrogens is 1. The maximum Gasteiger partial charge on any atom is 0.449 e. The number of pyridine rings is 1. The molecule has 1 aliphatic carbocycles. The van der Waals surface area contributed by atoms with Gasteiger partial charge in [0.15, 0.2) is 0 Å². The van der Waals surface area contributed by atoms with Crippen LogP contribution in [0.2, 0.25) is 0 Å². The molecule has 6 nitrogen and oxygen atoms in total. The first kappa shape index (κ1) is 21.0. The first-order valence-electron chi connectivity index (χ1n) is 10.7. The molecular formula is C24H18F4N2O4. The molecule has 1 fully saturated rings. The topological polar surface area (TPSA) is 68.6 Å². The SMILES string of the molecule is CC12C(=CC=CC1F)C1(CCn3c1cc1occc1c3=O)C(=O)N2Cc1ccc(C(F)(F)F)o1. The molecule has 3 aromatic rings. The highest BCUT2D eigenvalue weighted by Crippen LogP contribution is 2.57. The molecule has 3 atom stereocenters. The number of nitrogens with zero attached hydrogens (tertiary/aromatic N) is 2. The van der Waals surface area contributed by atoms with E-state index in [9.17, 15) is 22.8 Å². The molecule has 1 amide bonds. The van der Waals surface area contributed by atoms with E-state index in [-0.39, 0.29) is 30.8 Å². The molecule has 3 unspecified atom stereocenters. The Morgan fingerprint density at radius 2 is 2.00 bits per heavy atom. The average Bonchev–Trinajstić information content (AvgIpc) is 3.54. The molecule has 0 N–H and O–H groups in total. The quantitative estimate of drug-likeness (QED) is 0.514. The molecule has 34 heavy (non-hydrogen) atoms. The van der Waals surface area contributed by atoms with Crippen LogP contribution < -0.4 is 5.56 Å². The highest BCUT2D eigenvalue weighted by molar-refractivity contribution is 5.98. The fourth-order valence-corrected chi connectivity index (χ4v) is 5.72. The van der Waals surface area contributed by atoms with E-state index < -0.39 is 35.0 Å². The van der Waals surface area contributed by atoms with Crippen LogP contribution in [-0.2, 0) is 29.5 Å². The van der Waals surface area contributed by atoms with E-state index in [2.05, 4.69) is 0 Å². The van der Waals surface area contributed by atoms with Gasteiger partial charge in [-0.1, -0.05) is 12.2 Å². The lowest BCUT2D eigenvalue weighted by atomic mass is 9.69. The van der Waals surface area contributed by atoms with Gasteiger partial charge in [-0.05, 0) is 43.2 Å². The number of rotatable bonds is 2. The fourth-order valence-electron chi connectivity index (χ4n) is 5.72. The maximum atomic E-state index is 15.5. The van der Waals surface area contributed by atoms with Gasteiger partial charge in [-0.25, -0.2) is 4.39 Å². The maximum absolute atomic E-state index is 15.5. The largest absolute Gasteiger partial charge is 0.464 e. The number of furan rings is 2. The Hall–Kier alpha value is -3.56. The summed E-state index contributed by atoms with van der Waals surface area (Å²) in [7, 11) is 0. The average molecular weight is 474 g/mol. The Kier molecular flexibility index (Phi) is 4.03. The van der Waals surface area contributed by atoms with Crippen LogP contribution in [0.25, 0.3) is 11.0 Å². The zero-order valence-electron chi connectivity index (χ0n) is 17.9.